The molecular formula is C13H10BrN3O2. The molecule has 3 heterocycles. The number of ether oxygens (including phenoxy) is 1. The monoisotopic (exact) mass is 319 g/mol. The van der Waals surface area contributed by atoms with Crippen molar-refractivity contribution in [2.45, 2.75) is 6.61 Å². The van der Waals surface area contributed by atoms with Gasteiger partial charge in [0.2, 0.25) is 5.88 Å². The van der Waals surface area contributed by atoms with Crippen LogP contribution in [0.1, 0.15) is 5.69 Å². The number of hydrogen-bond acceptors (Lipinski definition) is 4. The zero-order valence-electron chi connectivity index (χ0n) is 9.82. The van der Waals surface area contributed by atoms with E-state index in [4.69, 9.17) is 4.74 Å². The van der Waals surface area contributed by atoms with Crippen LogP contribution in [0.5, 0.6) is 11.6 Å². The summed E-state index contributed by atoms with van der Waals surface area (Å²) in [6, 6.07) is 7.40. The summed E-state index contributed by atoms with van der Waals surface area (Å²) in [5.74, 6) is 0.945. The Hall–Kier alpha value is -1.92. The van der Waals surface area contributed by atoms with E-state index >= 15 is 0 Å². The van der Waals surface area contributed by atoms with Crippen LogP contribution in [-0.4, -0.2) is 19.5 Å². The third-order valence-corrected chi connectivity index (χ3v) is 3.07. The van der Waals surface area contributed by atoms with Crippen molar-refractivity contribution in [1.29, 1.82) is 0 Å². The third-order valence-electron chi connectivity index (χ3n) is 2.64. The molecule has 0 aliphatic carbocycles. The van der Waals surface area contributed by atoms with Crippen LogP contribution in [0.25, 0.3) is 5.65 Å². The van der Waals surface area contributed by atoms with Crippen LogP contribution in [-0.2, 0) is 6.61 Å². The van der Waals surface area contributed by atoms with Gasteiger partial charge in [-0.15, -0.1) is 0 Å². The molecule has 0 saturated heterocycles. The molecule has 3 rings (SSSR count). The number of aromatic nitrogens is 3. The van der Waals surface area contributed by atoms with Crippen molar-refractivity contribution in [3.05, 3.63) is 53.0 Å². The summed E-state index contributed by atoms with van der Waals surface area (Å²) in [4.78, 5) is 8.37. The van der Waals surface area contributed by atoms with Gasteiger partial charge in [-0.3, -0.25) is 9.38 Å². The molecule has 96 valence electrons. The average molecular weight is 320 g/mol. The number of aliphatic hydroxyl groups is 1. The van der Waals surface area contributed by atoms with E-state index in [0.717, 1.165) is 10.1 Å². The van der Waals surface area contributed by atoms with E-state index in [9.17, 15) is 5.11 Å². The zero-order chi connectivity index (χ0) is 13.2. The van der Waals surface area contributed by atoms with Crippen LogP contribution in [0, 0.1) is 0 Å². The molecule has 0 amide bonds. The number of halogens is 1. The van der Waals surface area contributed by atoms with Crippen molar-refractivity contribution in [2.75, 3.05) is 0 Å². The zero-order valence-corrected chi connectivity index (χ0v) is 11.4. The van der Waals surface area contributed by atoms with Crippen molar-refractivity contribution < 1.29 is 9.84 Å². The van der Waals surface area contributed by atoms with Crippen molar-refractivity contribution >= 4 is 21.6 Å². The Kier molecular flexibility index (Phi) is 3.18. The standard InChI is InChI=1S/C13H10BrN3O2/c14-9-5-10(7-15-6-9)19-13-11(8-18)17-4-2-1-3-12(17)16-13/h1-7,18H,8H2. The maximum Gasteiger partial charge on any atom is 0.243 e. The van der Waals surface area contributed by atoms with E-state index in [0.29, 0.717) is 17.3 Å². The number of hydrogen-bond donors (Lipinski definition) is 1. The van der Waals surface area contributed by atoms with E-state index in [1.807, 2.05) is 24.4 Å². The quantitative estimate of drug-likeness (QED) is 0.806. The van der Waals surface area contributed by atoms with E-state index in [1.165, 1.54) is 0 Å². The maximum atomic E-state index is 9.47. The Morgan fingerprint density at radius 2 is 2.21 bits per heavy atom. The first-order chi connectivity index (χ1) is 9.28. The summed E-state index contributed by atoms with van der Waals surface area (Å²) in [5, 5.41) is 9.47. The van der Waals surface area contributed by atoms with Crippen molar-refractivity contribution in [3.63, 3.8) is 0 Å². The maximum absolute atomic E-state index is 9.47. The highest BCUT2D eigenvalue weighted by Crippen LogP contribution is 2.26. The molecule has 0 spiro atoms. The summed E-state index contributed by atoms with van der Waals surface area (Å²) in [5.41, 5.74) is 1.33. The van der Waals surface area contributed by atoms with Crippen LogP contribution in [0.15, 0.2) is 47.3 Å². The molecule has 0 saturated carbocycles. The van der Waals surface area contributed by atoms with Gasteiger partial charge in [0.15, 0.2) is 0 Å². The van der Waals surface area contributed by atoms with Gasteiger partial charge < -0.3 is 9.84 Å². The molecule has 0 unspecified atom stereocenters. The number of fused-ring (bicyclic) bond motifs is 1. The van der Waals surface area contributed by atoms with E-state index < -0.39 is 0 Å². The van der Waals surface area contributed by atoms with Gasteiger partial charge in [0.25, 0.3) is 0 Å². The largest absolute Gasteiger partial charge is 0.435 e. The summed E-state index contributed by atoms with van der Waals surface area (Å²) in [6.07, 6.45) is 5.10. The lowest BCUT2D eigenvalue weighted by atomic mass is 10.4. The number of rotatable bonds is 3. The summed E-state index contributed by atoms with van der Waals surface area (Å²) >= 11 is 3.33. The van der Waals surface area contributed by atoms with Crippen molar-refractivity contribution in [3.8, 4) is 11.6 Å². The average Bonchev–Trinajstić information content (AvgIpc) is 2.75. The Morgan fingerprint density at radius 3 is 3.00 bits per heavy atom. The van der Waals surface area contributed by atoms with E-state index in [1.54, 1.807) is 22.9 Å². The van der Waals surface area contributed by atoms with Crippen LogP contribution < -0.4 is 4.74 Å². The Labute approximate surface area is 117 Å². The lowest BCUT2D eigenvalue weighted by Crippen LogP contribution is -1.94. The van der Waals surface area contributed by atoms with Gasteiger partial charge in [-0.1, -0.05) is 6.07 Å². The van der Waals surface area contributed by atoms with Crippen LogP contribution >= 0.6 is 15.9 Å². The van der Waals surface area contributed by atoms with E-state index in [-0.39, 0.29) is 6.61 Å². The van der Waals surface area contributed by atoms with Crippen LogP contribution in [0.4, 0.5) is 0 Å². The lowest BCUT2D eigenvalue weighted by molar-refractivity contribution is 0.269. The molecule has 0 aliphatic rings. The second kappa shape index (κ2) is 4.99. The fraction of sp³-hybridized carbons (Fsp3) is 0.0769. The molecule has 0 radical (unpaired) electrons. The summed E-state index contributed by atoms with van der Waals surface area (Å²) < 4.78 is 8.29. The fourth-order valence-electron chi connectivity index (χ4n) is 1.81. The molecule has 3 aromatic rings. The molecule has 1 N–H and O–H groups in total. The van der Waals surface area contributed by atoms with Gasteiger partial charge in [0.05, 0.1) is 12.8 Å². The minimum atomic E-state index is -0.151. The number of imidazole rings is 1. The Balaban J connectivity index is 2.05. The first-order valence-electron chi connectivity index (χ1n) is 5.63. The highest BCUT2D eigenvalue weighted by molar-refractivity contribution is 9.10. The topological polar surface area (TPSA) is 59.7 Å². The van der Waals surface area contributed by atoms with Crippen LogP contribution in [0.3, 0.4) is 0 Å². The highest BCUT2D eigenvalue weighted by atomic mass is 79.9. The molecule has 0 bridgehead atoms. The summed E-state index contributed by atoms with van der Waals surface area (Å²) in [6.45, 7) is -0.151. The molecule has 6 heteroatoms. The molecule has 0 aromatic carbocycles. The normalized spacial score (nSPS) is 10.8. The second-order valence-electron chi connectivity index (χ2n) is 3.89. The lowest BCUT2D eigenvalue weighted by Gasteiger charge is -2.04. The predicted octanol–water partition coefficient (Wildman–Crippen LogP) is 2.78. The van der Waals surface area contributed by atoms with Gasteiger partial charge in [0.1, 0.15) is 17.1 Å². The molecular weight excluding hydrogens is 310 g/mol. The number of pyridine rings is 2. The third kappa shape index (κ3) is 2.32. The minimum absolute atomic E-state index is 0.151. The van der Waals surface area contributed by atoms with Gasteiger partial charge in [-0.25, -0.2) is 0 Å². The van der Waals surface area contributed by atoms with Gasteiger partial charge in [-0.2, -0.15) is 4.98 Å². The van der Waals surface area contributed by atoms with Crippen molar-refractivity contribution in [1.82, 2.24) is 14.4 Å². The van der Waals surface area contributed by atoms with Gasteiger partial charge >= 0.3 is 0 Å². The Bertz CT molecular complexity index is 727. The highest BCUT2D eigenvalue weighted by Gasteiger charge is 2.13. The Morgan fingerprint density at radius 1 is 1.32 bits per heavy atom. The van der Waals surface area contributed by atoms with Gasteiger partial charge in [0, 0.05) is 16.9 Å². The molecule has 3 aromatic heterocycles. The number of aliphatic hydroxyl groups excluding tert-OH is 1. The second-order valence-corrected chi connectivity index (χ2v) is 4.81. The first kappa shape index (κ1) is 12.1. The number of nitrogens with zero attached hydrogens (tertiary/aromatic N) is 3. The SMILES string of the molecule is OCc1c(Oc2cncc(Br)c2)nc2ccccn12. The van der Waals surface area contributed by atoms with Crippen molar-refractivity contribution in [2.24, 2.45) is 0 Å². The molecule has 0 atom stereocenters. The molecule has 0 aliphatic heterocycles. The van der Waals surface area contributed by atoms with E-state index in [2.05, 4.69) is 25.9 Å². The first-order valence-corrected chi connectivity index (χ1v) is 6.42. The van der Waals surface area contributed by atoms with Gasteiger partial charge in [-0.05, 0) is 34.1 Å². The summed E-state index contributed by atoms with van der Waals surface area (Å²) in [7, 11) is 0. The fourth-order valence-corrected chi connectivity index (χ4v) is 2.15. The molecule has 5 nitrogen and oxygen atoms in total. The van der Waals surface area contributed by atoms with Crippen LogP contribution in [0.2, 0.25) is 0 Å². The molecule has 19 heavy (non-hydrogen) atoms. The smallest absolute Gasteiger partial charge is 0.243 e. The molecule has 0 fully saturated rings. The predicted molar refractivity (Wildman–Crippen MR) is 73.1 cm³/mol. The minimum Gasteiger partial charge on any atom is -0.435 e.